The van der Waals surface area contributed by atoms with Crippen LogP contribution >= 0.6 is 0 Å². The lowest BCUT2D eigenvalue weighted by atomic mass is 10.3. The van der Waals surface area contributed by atoms with E-state index in [2.05, 4.69) is 0 Å². The molecule has 0 bridgehead atoms. The maximum Gasteiger partial charge on any atom is 0.333 e. The Hall–Kier alpha value is -1.12. The van der Waals surface area contributed by atoms with Gasteiger partial charge >= 0.3 is 5.97 Å². The number of esters is 1. The summed E-state index contributed by atoms with van der Waals surface area (Å²) in [6.07, 6.45) is 3.63. The van der Waals surface area contributed by atoms with Gasteiger partial charge in [0.1, 0.15) is 6.29 Å². The van der Waals surface area contributed by atoms with Gasteiger partial charge in [0.2, 0.25) is 0 Å². The average Bonchev–Trinajstić information content (AvgIpc) is 2.05. The van der Waals surface area contributed by atoms with Crippen LogP contribution in [0.2, 0.25) is 0 Å². The summed E-state index contributed by atoms with van der Waals surface area (Å²) in [5, 5.41) is 0. The normalized spacial score (nSPS) is 11.0. The number of carbonyl (C=O) groups is 2. The minimum atomic E-state index is -0.407. The average molecular weight is 170 g/mol. The fraction of sp³-hybridized carbons (Fsp3) is 0.556. The number of unbranched alkanes of at least 4 members (excludes halogenated alkanes) is 1. The molecule has 0 saturated heterocycles. The Labute approximate surface area is 72.4 Å². The molecule has 0 amide bonds. The molecule has 0 heterocycles. The van der Waals surface area contributed by atoms with Crippen molar-refractivity contribution >= 4 is 12.3 Å². The predicted molar refractivity (Wildman–Crippen MR) is 45.7 cm³/mol. The lowest BCUT2D eigenvalue weighted by molar-refractivity contribution is -0.139. The fourth-order valence-corrected chi connectivity index (χ4v) is 0.593. The van der Waals surface area contributed by atoms with Gasteiger partial charge in [0.05, 0.1) is 6.61 Å². The van der Waals surface area contributed by atoms with Gasteiger partial charge in [-0.25, -0.2) is 4.79 Å². The standard InChI is InChI=1S/C9H14O3/c1-3-4-7-12-9(11)8(2)5-6-10/h5-6H,3-4,7H2,1-2H3. The van der Waals surface area contributed by atoms with Crippen LogP contribution < -0.4 is 0 Å². The molecule has 0 aromatic carbocycles. The van der Waals surface area contributed by atoms with E-state index in [4.69, 9.17) is 4.74 Å². The molecular formula is C9H14O3. The first-order valence-electron chi connectivity index (χ1n) is 4.01. The second-order valence-corrected chi connectivity index (χ2v) is 2.48. The zero-order chi connectivity index (χ0) is 9.40. The highest BCUT2D eigenvalue weighted by molar-refractivity contribution is 5.91. The van der Waals surface area contributed by atoms with Gasteiger partial charge in [0, 0.05) is 5.57 Å². The van der Waals surface area contributed by atoms with Gasteiger partial charge in [-0.1, -0.05) is 13.3 Å². The summed E-state index contributed by atoms with van der Waals surface area (Å²) in [7, 11) is 0. The number of allylic oxidation sites excluding steroid dienone is 1. The maximum atomic E-state index is 11.0. The lowest BCUT2D eigenvalue weighted by Gasteiger charge is -2.01. The summed E-state index contributed by atoms with van der Waals surface area (Å²) >= 11 is 0. The van der Waals surface area contributed by atoms with Gasteiger partial charge in [0.25, 0.3) is 0 Å². The van der Waals surface area contributed by atoms with E-state index >= 15 is 0 Å². The van der Waals surface area contributed by atoms with Crippen molar-refractivity contribution in [2.75, 3.05) is 6.61 Å². The molecule has 0 radical (unpaired) electrons. The summed E-state index contributed by atoms with van der Waals surface area (Å²) in [6, 6.07) is 0. The summed E-state index contributed by atoms with van der Waals surface area (Å²) in [5.74, 6) is -0.407. The first-order valence-corrected chi connectivity index (χ1v) is 4.01. The van der Waals surface area contributed by atoms with Crippen molar-refractivity contribution in [3.8, 4) is 0 Å². The fourth-order valence-electron chi connectivity index (χ4n) is 0.593. The van der Waals surface area contributed by atoms with Crippen LogP contribution in [0.4, 0.5) is 0 Å². The minimum Gasteiger partial charge on any atom is -0.462 e. The van der Waals surface area contributed by atoms with Gasteiger partial charge in [-0.05, 0) is 19.4 Å². The molecule has 0 unspecified atom stereocenters. The molecular weight excluding hydrogens is 156 g/mol. The largest absolute Gasteiger partial charge is 0.462 e. The molecule has 68 valence electrons. The van der Waals surface area contributed by atoms with Crippen LogP contribution in [0.25, 0.3) is 0 Å². The Balaban J connectivity index is 3.72. The van der Waals surface area contributed by atoms with E-state index in [1.165, 1.54) is 6.08 Å². The highest BCUT2D eigenvalue weighted by atomic mass is 16.5. The third-order valence-electron chi connectivity index (χ3n) is 1.37. The van der Waals surface area contributed by atoms with Crippen molar-refractivity contribution in [2.24, 2.45) is 0 Å². The summed E-state index contributed by atoms with van der Waals surface area (Å²) in [5.41, 5.74) is 0.348. The molecule has 0 aromatic heterocycles. The lowest BCUT2D eigenvalue weighted by Crippen LogP contribution is -2.06. The molecule has 12 heavy (non-hydrogen) atoms. The van der Waals surface area contributed by atoms with Gasteiger partial charge in [-0.3, -0.25) is 4.79 Å². The van der Waals surface area contributed by atoms with Crippen molar-refractivity contribution in [1.29, 1.82) is 0 Å². The molecule has 0 atom stereocenters. The Morgan fingerprint density at radius 3 is 2.67 bits per heavy atom. The molecule has 0 aliphatic rings. The van der Waals surface area contributed by atoms with Crippen LogP contribution in [-0.4, -0.2) is 18.9 Å². The van der Waals surface area contributed by atoms with Crippen LogP contribution in [0, 0.1) is 0 Å². The van der Waals surface area contributed by atoms with E-state index in [1.807, 2.05) is 6.92 Å². The van der Waals surface area contributed by atoms with E-state index in [0.717, 1.165) is 12.8 Å². The quantitative estimate of drug-likeness (QED) is 0.271. The number of carbonyl (C=O) groups excluding carboxylic acids is 2. The van der Waals surface area contributed by atoms with Crippen molar-refractivity contribution in [3.63, 3.8) is 0 Å². The van der Waals surface area contributed by atoms with Crippen LogP contribution in [0.3, 0.4) is 0 Å². The molecule has 0 aromatic rings. The zero-order valence-electron chi connectivity index (χ0n) is 7.50. The highest BCUT2D eigenvalue weighted by Crippen LogP contribution is 1.96. The monoisotopic (exact) mass is 170 g/mol. The predicted octanol–water partition coefficient (Wildman–Crippen LogP) is 1.47. The molecule has 0 saturated carbocycles. The Morgan fingerprint density at radius 2 is 2.17 bits per heavy atom. The number of aldehydes is 1. The summed E-state index contributed by atoms with van der Waals surface area (Å²) in [4.78, 5) is 20.9. The van der Waals surface area contributed by atoms with E-state index in [9.17, 15) is 9.59 Å². The van der Waals surface area contributed by atoms with E-state index in [-0.39, 0.29) is 0 Å². The van der Waals surface area contributed by atoms with Crippen LogP contribution in [0.15, 0.2) is 11.6 Å². The smallest absolute Gasteiger partial charge is 0.333 e. The van der Waals surface area contributed by atoms with E-state index < -0.39 is 5.97 Å². The first kappa shape index (κ1) is 10.9. The van der Waals surface area contributed by atoms with E-state index in [1.54, 1.807) is 6.92 Å². The minimum absolute atomic E-state index is 0.348. The molecule has 0 spiro atoms. The maximum absolute atomic E-state index is 11.0. The highest BCUT2D eigenvalue weighted by Gasteiger charge is 2.03. The Kier molecular flexibility index (Phi) is 5.97. The van der Waals surface area contributed by atoms with Gasteiger partial charge in [0.15, 0.2) is 0 Å². The Morgan fingerprint density at radius 1 is 1.50 bits per heavy atom. The van der Waals surface area contributed by atoms with Crippen molar-refractivity contribution in [3.05, 3.63) is 11.6 Å². The number of rotatable bonds is 5. The van der Waals surface area contributed by atoms with Crippen molar-refractivity contribution < 1.29 is 14.3 Å². The van der Waals surface area contributed by atoms with Gasteiger partial charge in [-0.2, -0.15) is 0 Å². The third-order valence-corrected chi connectivity index (χ3v) is 1.37. The molecule has 0 rings (SSSR count). The van der Waals surface area contributed by atoms with E-state index in [0.29, 0.717) is 18.5 Å². The number of hydrogen-bond acceptors (Lipinski definition) is 3. The first-order chi connectivity index (χ1) is 5.72. The molecule has 3 nitrogen and oxygen atoms in total. The molecule has 0 N–H and O–H groups in total. The van der Waals surface area contributed by atoms with Crippen molar-refractivity contribution in [2.45, 2.75) is 26.7 Å². The second kappa shape index (κ2) is 6.58. The zero-order valence-corrected chi connectivity index (χ0v) is 7.50. The number of ether oxygens (including phenoxy) is 1. The third kappa shape index (κ3) is 4.66. The topological polar surface area (TPSA) is 43.4 Å². The SMILES string of the molecule is CCCCOC(=O)C(C)=CC=O. The second-order valence-electron chi connectivity index (χ2n) is 2.48. The van der Waals surface area contributed by atoms with Crippen LogP contribution in [0.1, 0.15) is 26.7 Å². The molecule has 3 heteroatoms. The van der Waals surface area contributed by atoms with Crippen LogP contribution in [-0.2, 0) is 14.3 Å². The van der Waals surface area contributed by atoms with Crippen LogP contribution in [0.5, 0.6) is 0 Å². The molecule has 0 aliphatic heterocycles. The molecule has 0 fully saturated rings. The van der Waals surface area contributed by atoms with Crippen molar-refractivity contribution in [1.82, 2.24) is 0 Å². The van der Waals surface area contributed by atoms with Gasteiger partial charge < -0.3 is 4.74 Å². The summed E-state index contributed by atoms with van der Waals surface area (Å²) < 4.78 is 4.83. The number of hydrogen-bond donors (Lipinski definition) is 0. The summed E-state index contributed by atoms with van der Waals surface area (Å²) in [6.45, 7) is 4.00. The molecule has 0 aliphatic carbocycles. The Bertz CT molecular complexity index is 182. The van der Waals surface area contributed by atoms with Gasteiger partial charge in [-0.15, -0.1) is 0 Å².